The van der Waals surface area contributed by atoms with Gasteiger partial charge >= 0.3 is 17.9 Å². The van der Waals surface area contributed by atoms with Gasteiger partial charge in [0.1, 0.15) is 13.2 Å². The van der Waals surface area contributed by atoms with Gasteiger partial charge in [0.25, 0.3) is 0 Å². The molecule has 0 rings (SSSR count). The van der Waals surface area contributed by atoms with Gasteiger partial charge in [-0.3, -0.25) is 14.4 Å². The lowest BCUT2D eigenvalue weighted by molar-refractivity contribution is -0.166. The Morgan fingerprint density at radius 2 is 0.652 bits per heavy atom. The van der Waals surface area contributed by atoms with Crippen molar-refractivity contribution < 1.29 is 28.6 Å². The first-order valence-corrected chi connectivity index (χ1v) is 27.3. The van der Waals surface area contributed by atoms with E-state index < -0.39 is 6.10 Å². The molecule has 1 atom stereocenters. The van der Waals surface area contributed by atoms with Gasteiger partial charge in [0, 0.05) is 19.3 Å². The number of carbonyl (C=O) groups excluding carboxylic acids is 3. The van der Waals surface area contributed by atoms with Crippen LogP contribution in [0.5, 0.6) is 0 Å². The van der Waals surface area contributed by atoms with Gasteiger partial charge in [-0.25, -0.2) is 0 Å². The predicted molar refractivity (Wildman–Crippen MR) is 284 cm³/mol. The molecule has 0 N–H and O–H groups in total. The van der Waals surface area contributed by atoms with Crippen LogP contribution in [0.3, 0.4) is 0 Å². The molecule has 0 aromatic heterocycles. The average Bonchev–Trinajstić information content (AvgIpc) is 3.31. The van der Waals surface area contributed by atoms with E-state index in [-0.39, 0.29) is 44.0 Å². The summed E-state index contributed by atoms with van der Waals surface area (Å²) < 4.78 is 16.7. The Labute approximate surface area is 407 Å². The molecule has 0 fully saturated rings. The first-order valence-electron chi connectivity index (χ1n) is 27.3. The van der Waals surface area contributed by atoms with Gasteiger partial charge < -0.3 is 14.2 Å². The van der Waals surface area contributed by atoms with Crippen molar-refractivity contribution >= 4 is 17.9 Å². The second kappa shape index (κ2) is 53.9. The minimum atomic E-state index is -0.836. The molecule has 0 aliphatic carbocycles. The van der Waals surface area contributed by atoms with Crippen molar-refractivity contribution in [1.29, 1.82) is 0 Å². The van der Waals surface area contributed by atoms with E-state index in [1.165, 1.54) is 116 Å². The first kappa shape index (κ1) is 62.3. The van der Waals surface area contributed by atoms with Crippen LogP contribution in [0.25, 0.3) is 0 Å². The number of esters is 3. The van der Waals surface area contributed by atoms with E-state index in [2.05, 4.69) is 112 Å². The lowest BCUT2D eigenvalue weighted by Crippen LogP contribution is -2.30. The number of rotatable bonds is 48. The molecule has 0 saturated carbocycles. The lowest BCUT2D eigenvalue weighted by Gasteiger charge is -2.18. The third kappa shape index (κ3) is 51.3. The van der Waals surface area contributed by atoms with E-state index in [9.17, 15) is 14.4 Å². The van der Waals surface area contributed by atoms with E-state index in [4.69, 9.17) is 14.2 Å². The molecular formula is C60H100O6. The molecule has 0 bridgehead atoms. The Morgan fingerprint density at radius 3 is 1.11 bits per heavy atom. The number of ether oxygens (including phenoxy) is 3. The highest BCUT2D eigenvalue weighted by atomic mass is 16.6. The first-order chi connectivity index (χ1) is 32.5. The third-order valence-corrected chi connectivity index (χ3v) is 11.4. The van der Waals surface area contributed by atoms with Crippen LogP contribution in [0.1, 0.15) is 245 Å². The minimum absolute atomic E-state index is 0.126. The summed E-state index contributed by atoms with van der Waals surface area (Å²) in [5, 5.41) is 0. The van der Waals surface area contributed by atoms with E-state index in [0.29, 0.717) is 19.3 Å². The third-order valence-electron chi connectivity index (χ3n) is 11.4. The zero-order valence-electron chi connectivity index (χ0n) is 42.9. The molecule has 6 heteroatoms. The summed E-state index contributed by atoms with van der Waals surface area (Å²) in [6.45, 7) is 6.49. The van der Waals surface area contributed by atoms with Crippen LogP contribution < -0.4 is 0 Å². The number of hydrogen-bond donors (Lipinski definition) is 0. The molecule has 0 heterocycles. The summed E-state index contributed by atoms with van der Waals surface area (Å²) in [5.74, 6) is -1.07. The molecule has 0 aliphatic heterocycles. The van der Waals surface area contributed by atoms with Crippen molar-refractivity contribution in [3.05, 3.63) is 97.2 Å². The Morgan fingerprint density at radius 1 is 0.318 bits per heavy atom. The standard InChI is InChI=1S/C60H100O6/c1-4-7-10-13-16-19-22-25-27-29-31-32-35-38-41-44-47-50-53-59(62)65-56-57(55-64-58(61)52-49-46-43-40-37-34-24-21-18-15-12-9-6-3)66-60(63)54-51-48-45-42-39-36-33-30-28-26-23-20-17-14-11-8-5-2/h22,25-29,31-34,36-37,42-43,45-46,57H,4-21,23-24,30,35,38-41,44,47-56H2,1-3H3/b25-22+,28-26+,29-27+,32-31+,36-33+,37-34+,45-42+,46-43+. The SMILES string of the molecule is CCCCCCC/C=C/C=C/C=C/CCCCCCCC(=O)OCC(COC(=O)CC/C=C/C/C=C/CCCCCCCC)OC(=O)CCC/C=C/C/C=C/C/C=C/CCCCCCCC. The largest absolute Gasteiger partial charge is 0.462 e. The van der Waals surface area contributed by atoms with Gasteiger partial charge in [0.15, 0.2) is 6.10 Å². The van der Waals surface area contributed by atoms with Crippen LogP contribution in [0.4, 0.5) is 0 Å². The molecule has 6 nitrogen and oxygen atoms in total. The number of hydrogen-bond acceptors (Lipinski definition) is 6. The molecule has 0 radical (unpaired) electrons. The molecule has 0 aliphatic rings. The highest BCUT2D eigenvalue weighted by Crippen LogP contribution is 2.12. The Kier molecular flexibility index (Phi) is 50.9. The Balaban J connectivity index is 4.56. The second-order valence-electron chi connectivity index (χ2n) is 17.8. The van der Waals surface area contributed by atoms with Crippen LogP contribution in [-0.4, -0.2) is 37.2 Å². The zero-order valence-corrected chi connectivity index (χ0v) is 42.9. The fourth-order valence-corrected chi connectivity index (χ4v) is 7.22. The monoisotopic (exact) mass is 917 g/mol. The molecular weight excluding hydrogens is 817 g/mol. The van der Waals surface area contributed by atoms with Crippen molar-refractivity contribution in [3.8, 4) is 0 Å². The van der Waals surface area contributed by atoms with Gasteiger partial charge in [0.05, 0.1) is 0 Å². The minimum Gasteiger partial charge on any atom is -0.462 e. The van der Waals surface area contributed by atoms with Crippen LogP contribution in [0.2, 0.25) is 0 Å². The maximum absolute atomic E-state index is 12.8. The van der Waals surface area contributed by atoms with Crippen molar-refractivity contribution in [2.45, 2.75) is 252 Å². The number of allylic oxidation sites excluding steroid dienone is 16. The van der Waals surface area contributed by atoms with Crippen LogP contribution >= 0.6 is 0 Å². The van der Waals surface area contributed by atoms with E-state index in [0.717, 1.165) is 77.0 Å². The molecule has 0 aromatic rings. The van der Waals surface area contributed by atoms with Crippen LogP contribution in [0.15, 0.2) is 97.2 Å². The Bertz CT molecular complexity index is 1330. The average molecular weight is 917 g/mol. The van der Waals surface area contributed by atoms with Crippen molar-refractivity contribution in [2.24, 2.45) is 0 Å². The predicted octanol–water partition coefficient (Wildman–Crippen LogP) is 18.1. The van der Waals surface area contributed by atoms with Gasteiger partial charge in [0.2, 0.25) is 0 Å². The summed E-state index contributed by atoms with van der Waals surface area (Å²) in [7, 11) is 0. The summed E-state index contributed by atoms with van der Waals surface area (Å²) in [5.41, 5.74) is 0. The molecule has 0 amide bonds. The molecule has 376 valence electrons. The fraction of sp³-hybridized carbons (Fsp3) is 0.683. The van der Waals surface area contributed by atoms with E-state index in [1.54, 1.807) is 0 Å². The fourth-order valence-electron chi connectivity index (χ4n) is 7.22. The summed E-state index contributed by atoms with van der Waals surface area (Å²) in [6.07, 6.45) is 71.2. The summed E-state index contributed by atoms with van der Waals surface area (Å²) in [6, 6.07) is 0. The van der Waals surface area contributed by atoms with Gasteiger partial charge in [-0.05, 0) is 96.3 Å². The Hall–Kier alpha value is -3.67. The highest BCUT2D eigenvalue weighted by Gasteiger charge is 2.19. The van der Waals surface area contributed by atoms with Crippen molar-refractivity contribution in [3.63, 3.8) is 0 Å². The van der Waals surface area contributed by atoms with Crippen molar-refractivity contribution in [1.82, 2.24) is 0 Å². The van der Waals surface area contributed by atoms with E-state index in [1.807, 2.05) is 6.08 Å². The molecule has 0 saturated heterocycles. The maximum atomic E-state index is 12.8. The normalized spacial score (nSPS) is 12.8. The quantitative estimate of drug-likeness (QED) is 0.0199. The second-order valence-corrected chi connectivity index (χ2v) is 17.8. The number of carbonyl (C=O) groups is 3. The van der Waals surface area contributed by atoms with Gasteiger partial charge in [-0.15, -0.1) is 0 Å². The highest BCUT2D eigenvalue weighted by molar-refractivity contribution is 5.71. The molecule has 0 spiro atoms. The zero-order chi connectivity index (χ0) is 47.9. The van der Waals surface area contributed by atoms with E-state index >= 15 is 0 Å². The van der Waals surface area contributed by atoms with Crippen LogP contribution in [-0.2, 0) is 28.6 Å². The number of unbranched alkanes of at least 4 members (excludes halogenated alkanes) is 23. The summed E-state index contributed by atoms with van der Waals surface area (Å²) in [4.78, 5) is 38.0. The summed E-state index contributed by atoms with van der Waals surface area (Å²) >= 11 is 0. The molecule has 0 aromatic carbocycles. The smallest absolute Gasteiger partial charge is 0.306 e. The topological polar surface area (TPSA) is 78.9 Å². The van der Waals surface area contributed by atoms with Crippen LogP contribution in [0, 0.1) is 0 Å². The molecule has 66 heavy (non-hydrogen) atoms. The lowest BCUT2D eigenvalue weighted by atomic mass is 10.1. The van der Waals surface area contributed by atoms with Gasteiger partial charge in [-0.2, -0.15) is 0 Å². The maximum Gasteiger partial charge on any atom is 0.306 e. The van der Waals surface area contributed by atoms with Gasteiger partial charge in [-0.1, -0.05) is 227 Å². The van der Waals surface area contributed by atoms with Crippen molar-refractivity contribution in [2.75, 3.05) is 13.2 Å². The molecule has 1 unspecified atom stereocenters.